The molecule has 0 amide bonds. The van der Waals surface area contributed by atoms with Crippen LogP contribution in [0.4, 0.5) is 4.39 Å². The molecule has 5 heteroatoms. The van der Waals surface area contributed by atoms with Crippen molar-refractivity contribution in [3.8, 4) is 0 Å². The van der Waals surface area contributed by atoms with Gasteiger partial charge in [0.05, 0.1) is 0 Å². The Morgan fingerprint density at radius 2 is 2.06 bits per heavy atom. The van der Waals surface area contributed by atoms with E-state index in [9.17, 15) is 9.18 Å². The molecule has 94 valence electrons. The number of carboxylic acid groups (broad SMARTS) is 1. The Morgan fingerprint density at radius 3 is 2.61 bits per heavy atom. The molecule has 2 aromatic rings. The number of hydrogen-bond donors (Lipinski definition) is 1. The maximum Gasteiger partial charge on any atom is 0.356 e. The van der Waals surface area contributed by atoms with Crippen molar-refractivity contribution >= 4 is 5.97 Å². The third kappa shape index (κ3) is 2.74. The van der Waals surface area contributed by atoms with E-state index in [-0.39, 0.29) is 11.5 Å². The molecule has 0 fully saturated rings. The van der Waals surface area contributed by atoms with Gasteiger partial charge in [-0.1, -0.05) is 12.1 Å². The molecule has 18 heavy (non-hydrogen) atoms. The lowest BCUT2D eigenvalue weighted by Gasteiger charge is -2.04. The topological polar surface area (TPSA) is 55.1 Å². The van der Waals surface area contributed by atoms with E-state index in [2.05, 4.69) is 5.10 Å². The SMILES string of the molecule is Cc1cc(C(=O)O)nn1CCc1ccc(F)cc1. The quantitative estimate of drug-likeness (QED) is 0.903. The summed E-state index contributed by atoms with van der Waals surface area (Å²) in [4.78, 5) is 10.8. The Hall–Kier alpha value is -2.17. The maximum absolute atomic E-state index is 12.7. The molecular weight excluding hydrogens is 235 g/mol. The zero-order valence-electron chi connectivity index (χ0n) is 9.93. The van der Waals surface area contributed by atoms with Crippen molar-refractivity contribution in [2.45, 2.75) is 19.9 Å². The van der Waals surface area contributed by atoms with E-state index in [1.54, 1.807) is 16.8 Å². The van der Waals surface area contributed by atoms with Crippen molar-refractivity contribution in [3.05, 3.63) is 53.1 Å². The highest BCUT2D eigenvalue weighted by molar-refractivity contribution is 5.85. The third-order valence-corrected chi connectivity index (χ3v) is 2.73. The summed E-state index contributed by atoms with van der Waals surface area (Å²) in [5.41, 5.74) is 1.84. The predicted molar refractivity (Wildman–Crippen MR) is 64.0 cm³/mol. The highest BCUT2D eigenvalue weighted by atomic mass is 19.1. The Kier molecular flexibility index (Phi) is 3.41. The number of aryl methyl sites for hydroxylation is 3. The van der Waals surface area contributed by atoms with Gasteiger partial charge in [0.25, 0.3) is 0 Å². The van der Waals surface area contributed by atoms with Crippen LogP contribution in [0.25, 0.3) is 0 Å². The zero-order chi connectivity index (χ0) is 13.1. The molecule has 4 nitrogen and oxygen atoms in total. The summed E-state index contributed by atoms with van der Waals surface area (Å²) in [6.07, 6.45) is 0.682. The van der Waals surface area contributed by atoms with E-state index in [0.29, 0.717) is 13.0 Å². The van der Waals surface area contributed by atoms with Crippen molar-refractivity contribution in [1.82, 2.24) is 9.78 Å². The van der Waals surface area contributed by atoms with Gasteiger partial charge < -0.3 is 5.11 Å². The van der Waals surface area contributed by atoms with Crippen molar-refractivity contribution in [2.24, 2.45) is 0 Å². The fourth-order valence-electron chi connectivity index (χ4n) is 1.73. The van der Waals surface area contributed by atoms with Gasteiger partial charge in [-0.05, 0) is 37.1 Å². The molecule has 1 aromatic heterocycles. The molecule has 1 heterocycles. The number of nitrogens with zero attached hydrogens (tertiary/aromatic N) is 2. The normalized spacial score (nSPS) is 10.6. The van der Waals surface area contributed by atoms with Crippen LogP contribution in [-0.4, -0.2) is 20.9 Å². The summed E-state index contributed by atoms with van der Waals surface area (Å²) in [7, 11) is 0. The number of rotatable bonds is 4. The first-order chi connectivity index (χ1) is 8.56. The molecule has 0 spiro atoms. The predicted octanol–water partition coefficient (Wildman–Crippen LogP) is 2.27. The highest BCUT2D eigenvalue weighted by Crippen LogP contribution is 2.07. The number of aromatic carboxylic acids is 1. The van der Waals surface area contributed by atoms with Crippen LogP contribution in [0.1, 0.15) is 21.7 Å². The highest BCUT2D eigenvalue weighted by Gasteiger charge is 2.10. The van der Waals surface area contributed by atoms with Crippen LogP contribution < -0.4 is 0 Å². The van der Waals surface area contributed by atoms with Gasteiger partial charge in [0, 0.05) is 12.2 Å². The van der Waals surface area contributed by atoms with Gasteiger partial charge in [0.15, 0.2) is 5.69 Å². The van der Waals surface area contributed by atoms with Crippen molar-refractivity contribution < 1.29 is 14.3 Å². The fraction of sp³-hybridized carbons (Fsp3) is 0.231. The molecule has 0 radical (unpaired) electrons. The Labute approximate surface area is 104 Å². The summed E-state index contributed by atoms with van der Waals surface area (Å²) in [5, 5.41) is 12.8. The molecule has 0 saturated carbocycles. The second-order valence-corrected chi connectivity index (χ2v) is 4.08. The maximum atomic E-state index is 12.7. The number of benzene rings is 1. The Morgan fingerprint density at radius 1 is 1.39 bits per heavy atom. The van der Waals surface area contributed by atoms with Gasteiger partial charge in [0.2, 0.25) is 0 Å². The van der Waals surface area contributed by atoms with E-state index in [0.717, 1.165) is 11.3 Å². The summed E-state index contributed by atoms with van der Waals surface area (Å²) in [6, 6.07) is 7.79. The van der Waals surface area contributed by atoms with Crippen LogP contribution in [0, 0.1) is 12.7 Å². The summed E-state index contributed by atoms with van der Waals surface area (Å²) >= 11 is 0. The second-order valence-electron chi connectivity index (χ2n) is 4.08. The fourth-order valence-corrected chi connectivity index (χ4v) is 1.73. The lowest BCUT2D eigenvalue weighted by molar-refractivity contribution is 0.0689. The first-order valence-electron chi connectivity index (χ1n) is 5.58. The lowest BCUT2D eigenvalue weighted by Crippen LogP contribution is -2.06. The van der Waals surface area contributed by atoms with Gasteiger partial charge in [-0.2, -0.15) is 5.10 Å². The average molecular weight is 248 g/mol. The molecule has 0 aliphatic rings. The van der Waals surface area contributed by atoms with Crippen molar-refractivity contribution in [2.75, 3.05) is 0 Å². The van der Waals surface area contributed by atoms with Crippen LogP contribution in [-0.2, 0) is 13.0 Å². The number of halogens is 1. The van der Waals surface area contributed by atoms with E-state index >= 15 is 0 Å². The minimum Gasteiger partial charge on any atom is -0.476 e. The molecular formula is C13H13FN2O2. The van der Waals surface area contributed by atoms with Gasteiger partial charge in [0.1, 0.15) is 5.82 Å². The smallest absolute Gasteiger partial charge is 0.356 e. The molecule has 0 bridgehead atoms. The standard InChI is InChI=1S/C13H13FN2O2/c1-9-8-12(13(17)18)15-16(9)7-6-10-2-4-11(14)5-3-10/h2-5,8H,6-7H2,1H3,(H,17,18). The van der Waals surface area contributed by atoms with Gasteiger partial charge in [-0.3, -0.25) is 4.68 Å². The van der Waals surface area contributed by atoms with E-state index < -0.39 is 5.97 Å². The molecule has 1 aromatic carbocycles. The first-order valence-corrected chi connectivity index (χ1v) is 5.58. The Bertz CT molecular complexity index is 561. The van der Waals surface area contributed by atoms with Crippen molar-refractivity contribution in [3.63, 3.8) is 0 Å². The van der Waals surface area contributed by atoms with Gasteiger partial charge >= 0.3 is 5.97 Å². The largest absolute Gasteiger partial charge is 0.476 e. The van der Waals surface area contributed by atoms with Crippen LogP contribution >= 0.6 is 0 Å². The van der Waals surface area contributed by atoms with E-state index in [4.69, 9.17) is 5.11 Å². The minimum absolute atomic E-state index is 0.0478. The molecule has 0 saturated heterocycles. The molecule has 2 rings (SSSR count). The summed E-state index contributed by atoms with van der Waals surface area (Å²) in [5.74, 6) is -1.29. The lowest BCUT2D eigenvalue weighted by atomic mass is 10.1. The zero-order valence-corrected chi connectivity index (χ0v) is 9.93. The number of carboxylic acids is 1. The van der Waals surface area contributed by atoms with Crippen LogP contribution in [0.15, 0.2) is 30.3 Å². The van der Waals surface area contributed by atoms with E-state index in [1.807, 2.05) is 6.92 Å². The summed E-state index contributed by atoms with van der Waals surface area (Å²) < 4.78 is 14.4. The molecule has 0 unspecified atom stereocenters. The van der Waals surface area contributed by atoms with Crippen LogP contribution in [0.2, 0.25) is 0 Å². The molecule has 0 aliphatic heterocycles. The monoisotopic (exact) mass is 248 g/mol. The van der Waals surface area contributed by atoms with Gasteiger partial charge in [-0.25, -0.2) is 9.18 Å². The number of aromatic nitrogens is 2. The number of carbonyl (C=O) groups is 1. The third-order valence-electron chi connectivity index (χ3n) is 2.73. The second kappa shape index (κ2) is 5.00. The van der Waals surface area contributed by atoms with Gasteiger partial charge in [-0.15, -0.1) is 0 Å². The first kappa shape index (κ1) is 12.3. The molecule has 0 atom stereocenters. The van der Waals surface area contributed by atoms with Crippen molar-refractivity contribution in [1.29, 1.82) is 0 Å². The molecule has 1 N–H and O–H groups in total. The minimum atomic E-state index is -1.03. The van der Waals surface area contributed by atoms with Crippen LogP contribution in [0.3, 0.4) is 0 Å². The number of hydrogen-bond acceptors (Lipinski definition) is 2. The van der Waals surface area contributed by atoms with Crippen LogP contribution in [0.5, 0.6) is 0 Å². The Balaban J connectivity index is 2.06. The average Bonchev–Trinajstić information content (AvgIpc) is 2.70. The summed E-state index contributed by atoms with van der Waals surface area (Å²) in [6.45, 7) is 2.38. The van der Waals surface area contributed by atoms with E-state index in [1.165, 1.54) is 18.2 Å². The molecule has 0 aliphatic carbocycles.